The molecule has 2 heteroatoms. The van der Waals surface area contributed by atoms with Crippen molar-refractivity contribution in [1.29, 1.82) is 0 Å². The first-order valence-corrected chi connectivity index (χ1v) is 5.61. The summed E-state index contributed by atoms with van der Waals surface area (Å²) in [6.07, 6.45) is 6.76. The molecular weight excluding hydrogens is 162 g/mol. The Morgan fingerprint density at radius 1 is 1.38 bits per heavy atom. The maximum Gasteiger partial charge on any atom is 0.0621 e. The van der Waals surface area contributed by atoms with E-state index in [9.17, 15) is 0 Å². The van der Waals surface area contributed by atoms with Gasteiger partial charge < -0.3 is 10.5 Å². The third kappa shape index (κ3) is 3.65. The minimum absolute atomic E-state index is 0.231. The standard InChI is InChI=1S/C11H23NO/c1-3-10(12)8-13-11-7-5-4-6-9(11)2/h9-11H,3-8,12H2,1-2H3. The van der Waals surface area contributed by atoms with E-state index in [4.69, 9.17) is 10.5 Å². The van der Waals surface area contributed by atoms with Crippen molar-refractivity contribution in [1.82, 2.24) is 0 Å². The fraction of sp³-hybridized carbons (Fsp3) is 1.00. The van der Waals surface area contributed by atoms with Crippen molar-refractivity contribution in [2.45, 2.75) is 58.1 Å². The van der Waals surface area contributed by atoms with Gasteiger partial charge in [0.1, 0.15) is 0 Å². The third-order valence-electron chi connectivity index (χ3n) is 3.08. The first kappa shape index (κ1) is 11.0. The maximum atomic E-state index is 5.82. The minimum Gasteiger partial charge on any atom is -0.376 e. The third-order valence-corrected chi connectivity index (χ3v) is 3.08. The lowest BCUT2D eigenvalue weighted by Crippen LogP contribution is -2.32. The van der Waals surface area contributed by atoms with Crippen LogP contribution >= 0.6 is 0 Å². The van der Waals surface area contributed by atoms with Gasteiger partial charge in [0.25, 0.3) is 0 Å². The summed E-state index contributed by atoms with van der Waals surface area (Å²) < 4.78 is 5.82. The van der Waals surface area contributed by atoms with Gasteiger partial charge in [-0.15, -0.1) is 0 Å². The number of hydrogen-bond donors (Lipinski definition) is 1. The summed E-state index contributed by atoms with van der Waals surface area (Å²) >= 11 is 0. The molecule has 3 atom stereocenters. The van der Waals surface area contributed by atoms with Gasteiger partial charge in [-0.05, 0) is 25.2 Å². The summed E-state index contributed by atoms with van der Waals surface area (Å²) in [5, 5.41) is 0. The molecular formula is C11H23NO. The first-order chi connectivity index (χ1) is 6.24. The van der Waals surface area contributed by atoms with Crippen molar-refractivity contribution < 1.29 is 4.74 Å². The molecule has 13 heavy (non-hydrogen) atoms. The van der Waals surface area contributed by atoms with Gasteiger partial charge in [0, 0.05) is 6.04 Å². The van der Waals surface area contributed by atoms with Gasteiger partial charge in [-0.25, -0.2) is 0 Å². The summed E-state index contributed by atoms with van der Waals surface area (Å²) in [7, 11) is 0. The monoisotopic (exact) mass is 185 g/mol. The molecule has 0 heterocycles. The predicted octanol–water partition coefficient (Wildman–Crippen LogP) is 2.32. The Morgan fingerprint density at radius 2 is 2.08 bits per heavy atom. The number of hydrogen-bond acceptors (Lipinski definition) is 2. The summed E-state index contributed by atoms with van der Waals surface area (Å²) in [5.41, 5.74) is 5.81. The highest BCUT2D eigenvalue weighted by Gasteiger charge is 2.21. The molecule has 0 aromatic carbocycles. The van der Waals surface area contributed by atoms with Crippen molar-refractivity contribution in [2.24, 2.45) is 11.7 Å². The average molecular weight is 185 g/mol. The second-order valence-corrected chi connectivity index (χ2v) is 4.30. The number of ether oxygens (including phenoxy) is 1. The molecule has 1 fully saturated rings. The smallest absolute Gasteiger partial charge is 0.0621 e. The van der Waals surface area contributed by atoms with Gasteiger partial charge in [-0.3, -0.25) is 0 Å². The van der Waals surface area contributed by atoms with Gasteiger partial charge >= 0.3 is 0 Å². The Labute approximate surface area is 81.8 Å². The topological polar surface area (TPSA) is 35.2 Å². The number of nitrogens with two attached hydrogens (primary N) is 1. The van der Waals surface area contributed by atoms with Crippen LogP contribution in [0.4, 0.5) is 0 Å². The van der Waals surface area contributed by atoms with Crippen LogP contribution in [0.3, 0.4) is 0 Å². The molecule has 1 saturated carbocycles. The van der Waals surface area contributed by atoms with Gasteiger partial charge in [0.05, 0.1) is 12.7 Å². The SMILES string of the molecule is CCC(N)COC1CCCCC1C. The van der Waals surface area contributed by atoms with Crippen LogP contribution in [0.2, 0.25) is 0 Å². The van der Waals surface area contributed by atoms with Crippen molar-refractivity contribution in [3.05, 3.63) is 0 Å². The molecule has 0 amide bonds. The second kappa shape index (κ2) is 5.61. The Hall–Kier alpha value is -0.0800. The summed E-state index contributed by atoms with van der Waals surface area (Å²) in [6.45, 7) is 5.14. The van der Waals surface area contributed by atoms with Crippen molar-refractivity contribution >= 4 is 0 Å². The highest BCUT2D eigenvalue weighted by Crippen LogP contribution is 2.26. The van der Waals surface area contributed by atoms with Crippen molar-refractivity contribution in [3.63, 3.8) is 0 Å². The molecule has 2 nitrogen and oxygen atoms in total. The molecule has 1 aliphatic rings. The van der Waals surface area contributed by atoms with E-state index in [1.165, 1.54) is 25.7 Å². The van der Waals surface area contributed by atoms with Crippen LogP contribution in [0.15, 0.2) is 0 Å². The minimum atomic E-state index is 0.231. The van der Waals surface area contributed by atoms with E-state index in [-0.39, 0.29) is 6.04 Å². The molecule has 3 unspecified atom stereocenters. The molecule has 1 rings (SSSR count). The zero-order chi connectivity index (χ0) is 9.68. The Bertz CT molecular complexity index is 138. The normalized spacial score (nSPS) is 31.6. The predicted molar refractivity (Wildman–Crippen MR) is 55.6 cm³/mol. The van der Waals surface area contributed by atoms with Crippen LogP contribution in [-0.2, 0) is 4.74 Å². The van der Waals surface area contributed by atoms with Gasteiger partial charge in [0.15, 0.2) is 0 Å². The zero-order valence-corrected chi connectivity index (χ0v) is 8.96. The lowest BCUT2D eigenvalue weighted by molar-refractivity contribution is -0.0113. The molecule has 0 saturated heterocycles. The van der Waals surface area contributed by atoms with Crippen LogP contribution in [0.5, 0.6) is 0 Å². The quantitative estimate of drug-likeness (QED) is 0.729. The van der Waals surface area contributed by atoms with E-state index < -0.39 is 0 Å². The van der Waals surface area contributed by atoms with Crippen LogP contribution in [0, 0.1) is 5.92 Å². The fourth-order valence-electron chi connectivity index (χ4n) is 1.89. The molecule has 78 valence electrons. The van der Waals surface area contributed by atoms with E-state index in [1.54, 1.807) is 0 Å². The van der Waals surface area contributed by atoms with Gasteiger partial charge in [0.2, 0.25) is 0 Å². The van der Waals surface area contributed by atoms with Crippen LogP contribution in [-0.4, -0.2) is 18.8 Å². The fourth-order valence-corrected chi connectivity index (χ4v) is 1.89. The maximum absolute atomic E-state index is 5.82. The average Bonchev–Trinajstić information content (AvgIpc) is 2.16. The molecule has 0 radical (unpaired) electrons. The van der Waals surface area contributed by atoms with Crippen LogP contribution < -0.4 is 5.73 Å². The summed E-state index contributed by atoms with van der Waals surface area (Å²) in [5.74, 6) is 0.734. The van der Waals surface area contributed by atoms with E-state index in [0.29, 0.717) is 6.10 Å². The molecule has 0 bridgehead atoms. The molecule has 0 aliphatic heterocycles. The Balaban J connectivity index is 2.18. The van der Waals surface area contributed by atoms with Crippen molar-refractivity contribution in [3.8, 4) is 0 Å². The first-order valence-electron chi connectivity index (χ1n) is 5.61. The molecule has 1 aliphatic carbocycles. The van der Waals surface area contributed by atoms with Crippen LogP contribution in [0.1, 0.15) is 46.0 Å². The Kier molecular flexibility index (Phi) is 4.74. The molecule has 0 aromatic rings. The lowest BCUT2D eigenvalue weighted by atomic mass is 9.88. The van der Waals surface area contributed by atoms with E-state index >= 15 is 0 Å². The highest BCUT2D eigenvalue weighted by atomic mass is 16.5. The molecule has 0 aromatic heterocycles. The zero-order valence-electron chi connectivity index (χ0n) is 8.96. The number of rotatable bonds is 4. The largest absolute Gasteiger partial charge is 0.376 e. The molecule has 0 spiro atoms. The van der Waals surface area contributed by atoms with E-state index in [2.05, 4.69) is 13.8 Å². The summed E-state index contributed by atoms with van der Waals surface area (Å²) in [4.78, 5) is 0. The van der Waals surface area contributed by atoms with E-state index in [0.717, 1.165) is 18.9 Å². The van der Waals surface area contributed by atoms with E-state index in [1.807, 2.05) is 0 Å². The van der Waals surface area contributed by atoms with Crippen LogP contribution in [0.25, 0.3) is 0 Å². The Morgan fingerprint density at radius 3 is 2.69 bits per heavy atom. The second-order valence-electron chi connectivity index (χ2n) is 4.30. The lowest BCUT2D eigenvalue weighted by Gasteiger charge is -2.29. The highest BCUT2D eigenvalue weighted by molar-refractivity contribution is 4.73. The van der Waals surface area contributed by atoms with Gasteiger partial charge in [-0.2, -0.15) is 0 Å². The van der Waals surface area contributed by atoms with Crippen molar-refractivity contribution in [2.75, 3.05) is 6.61 Å². The van der Waals surface area contributed by atoms with Gasteiger partial charge in [-0.1, -0.05) is 26.7 Å². The summed E-state index contributed by atoms with van der Waals surface area (Å²) in [6, 6.07) is 0.231. The molecule has 2 N–H and O–H groups in total.